The standard InChI is InChI=1S/C20H27ClF2N6O/c1-19(2,3)12-30-18-26-16(25-10-13-6-4-5-7-14(13)21)15(28-24)17(27-18)29-9-8-20(22,23)11-29/h4-7,28H,8-12,24H2,1-3H3,(H,25,26,27)/p+1. The van der Waals surface area contributed by atoms with E-state index in [2.05, 4.69) is 20.7 Å². The normalized spacial score (nSPS) is 15.9. The highest BCUT2D eigenvalue weighted by Gasteiger charge is 2.43. The Balaban J connectivity index is 1.93. The molecule has 0 saturated carbocycles. The monoisotopic (exact) mass is 441 g/mol. The fourth-order valence-electron chi connectivity index (χ4n) is 3.06. The van der Waals surface area contributed by atoms with E-state index >= 15 is 0 Å². The van der Waals surface area contributed by atoms with Gasteiger partial charge in [0.1, 0.15) is 6.54 Å². The van der Waals surface area contributed by atoms with E-state index in [1.54, 1.807) is 11.0 Å². The van der Waals surface area contributed by atoms with Crippen LogP contribution in [0.3, 0.4) is 0 Å². The Labute approximate surface area is 179 Å². The summed E-state index contributed by atoms with van der Waals surface area (Å²) in [4.78, 5) is 9.03. The molecule has 164 valence electrons. The molecule has 2 aromatic rings. The van der Waals surface area contributed by atoms with Crippen LogP contribution in [0.1, 0.15) is 32.8 Å². The molecule has 0 atom stereocenters. The third-order valence-electron chi connectivity index (χ3n) is 4.59. The number of aromatic amines is 1. The van der Waals surface area contributed by atoms with Crippen molar-refractivity contribution in [3.63, 3.8) is 0 Å². The van der Waals surface area contributed by atoms with Crippen LogP contribution in [0, 0.1) is 5.41 Å². The Morgan fingerprint density at radius 3 is 2.67 bits per heavy atom. The molecule has 2 heterocycles. The number of alkyl halides is 2. The molecule has 1 aromatic carbocycles. The third kappa shape index (κ3) is 5.60. The van der Waals surface area contributed by atoms with Crippen LogP contribution in [0.2, 0.25) is 5.02 Å². The quantitative estimate of drug-likeness (QED) is 0.448. The molecule has 1 aliphatic rings. The number of hydrazine groups is 1. The molecule has 1 aromatic heterocycles. The first-order valence-electron chi connectivity index (χ1n) is 9.75. The topological polar surface area (TPSA) is 89.6 Å². The van der Waals surface area contributed by atoms with Gasteiger partial charge in [-0.1, -0.05) is 50.6 Å². The first-order valence-corrected chi connectivity index (χ1v) is 10.1. The van der Waals surface area contributed by atoms with Gasteiger partial charge in [0.2, 0.25) is 5.82 Å². The molecule has 5 N–H and O–H groups in total. The number of H-pyrrole nitrogens is 1. The number of rotatable bonds is 7. The Morgan fingerprint density at radius 2 is 2.07 bits per heavy atom. The molecule has 7 nitrogen and oxygen atoms in total. The minimum Gasteiger partial charge on any atom is -0.440 e. The lowest BCUT2D eigenvalue weighted by molar-refractivity contribution is -0.386. The average Bonchev–Trinajstić information content (AvgIpc) is 3.04. The smallest absolute Gasteiger partial charge is 0.433 e. The number of nitrogens with two attached hydrogens (primary N) is 1. The summed E-state index contributed by atoms with van der Waals surface area (Å²) in [5.41, 5.74) is 3.72. The number of nitrogens with zero attached hydrogens (tertiary/aromatic N) is 2. The lowest BCUT2D eigenvalue weighted by Crippen LogP contribution is -2.34. The van der Waals surface area contributed by atoms with Crippen molar-refractivity contribution in [1.82, 2.24) is 4.98 Å². The van der Waals surface area contributed by atoms with Gasteiger partial charge in [0.15, 0.2) is 5.69 Å². The Bertz CT molecular complexity index is 890. The Morgan fingerprint density at radius 1 is 1.33 bits per heavy atom. The number of hydrogen-bond acceptors (Lipinski definition) is 6. The summed E-state index contributed by atoms with van der Waals surface area (Å²) in [5.74, 6) is 3.76. The highest BCUT2D eigenvalue weighted by molar-refractivity contribution is 6.31. The maximum atomic E-state index is 13.9. The molecule has 10 heteroatoms. The number of hydrogen-bond donors (Lipinski definition) is 3. The molecular formula is C20H28ClF2N6O+. The van der Waals surface area contributed by atoms with E-state index in [-0.39, 0.29) is 24.4 Å². The number of anilines is 3. The first kappa shape index (κ1) is 22.3. The predicted octanol–water partition coefficient (Wildman–Crippen LogP) is 3.72. The number of aromatic nitrogens is 2. The largest absolute Gasteiger partial charge is 0.440 e. The van der Waals surface area contributed by atoms with Gasteiger partial charge in [-0.25, -0.2) is 13.8 Å². The van der Waals surface area contributed by atoms with Crippen LogP contribution >= 0.6 is 11.6 Å². The zero-order chi connectivity index (χ0) is 21.9. The van der Waals surface area contributed by atoms with E-state index in [0.717, 1.165) is 5.56 Å². The van der Waals surface area contributed by atoms with Crippen molar-refractivity contribution in [2.24, 2.45) is 11.3 Å². The molecular weight excluding hydrogens is 414 g/mol. The van der Waals surface area contributed by atoms with Gasteiger partial charge in [-0.15, -0.1) is 0 Å². The number of nitrogens with one attached hydrogen (secondary N) is 3. The van der Waals surface area contributed by atoms with Crippen LogP contribution in [-0.4, -0.2) is 30.6 Å². The van der Waals surface area contributed by atoms with Crippen LogP contribution in [0.15, 0.2) is 24.3 Å². The molecule has 0 unspecified atom stereocenters. The lowest BCUT2D eigenvalue weighted by atomic mass is 9.99. The molecule has 1 aliphatic heterocycles. The number of halogens is 3. The van der Waals surface area contributed by atoms with E-state index in [1.807, 2.05) is 39.0 Å². The summed E-state index contributed by atoms with van der Waals surface area (Å²) < 4.78 is 33.5. The van der Waals surface area contributed by atoms with Crippen molar-refractivity contribution in [2.75, 3.05) is 35.3 Å². The van der Waals surface area contributed by atoms with Gasteiger partial charge in [-0.3, -0.25) is 10.7 Å². The predicted molar refractivity (Wildman–Crippen MR) is 114 cm³/mol. The van der Waals surface area contributed by atoms with E-state index in [9.17, 15) is 8.78 Å². The SMILES string of the molecule is CC(C)(C)COc1nc(NCc2ccccc2Cl)c(NN)c(N2CCC(F)(F)C2)[nH+]1. The van der Waals surface area contributed by atoms with Gasteiger partial charge in [0, 0.05) is 18.0 Å². The van der Waals surface area contributed by atoms with Crippen molar-refractivity contribution >= 4 is 28.9 Å². The van der Waals surface area contributed by atoms with Crippen LogP contribution in [0.4, 0.5) is 26.1 Å². The first-order chi connectivity index (χ1) is 14.1. The Hall–Kier alpha value is -2.39. The summed E-state index contributed by atoms with van der Waals surface area (Å²) in [5, 5.41) is 3.80. The van der Waals surface area contributed by atoms with Gasteiger partial charge >= 0.3 is 6.01 Å². The summed E-state index contributed by atoms with van der Waals surface area (Å²) in [6.07, 6.45) is -0.228. The summed E-state index contributed by atoms with van der Waals surface area (Å²) in [6, 6.07) is 7.63. The fraction of sp³-hybridized carbons (Fsp3) is 0.500. The highest BCUT2D eigenvalue weighted by atomic mass is 35.5. The highest BCUT2D eigenvalue weighted by Crippen LogP contribution is 2.35. The zero-order valence-corrected chi connectivity index (χ0v) is 18.1. The van der Waals surface area contributed by atoms with Crippen LogP contribution in [0.25, 0.3) is 0 Å². The average molecular weight is 442 g/mol. The second-order valence-electron chi connectivity index (χ2n) is 8.58. The van der Waals surface area contributed by atoms with Gasteiger partial charge in [0.25, 0.3) is 11.7 Å². The number of ether oxygens (including phenoxy) is 1. The van der Waals surface area contributed by atoms with E-state index < -0.39 is 12.5 Å². The molecule has 1 fully saturated rings. The Kier molecular flexibility index (Phi) is 6.52. The van der Waals surface area contributed by atoms with Crippen LogP contribution < -0.4 is 31.2 Å². The molecule has 1 saturated heterocycles. The van der Waals surface area contributed by atoms with Gasteiger partial charge in [-0.2, -0.15) is 0 Å². The van der Waals surface area contributed by atoms with E-state index in [1.165, 1.54) is 0 Å². The minimum atomic E-state index is -2.76. The summed E-state index contributed by atoms with van der Waals surface area (Å²) >= 11 is 6.24. The lowest BCUT2D eigenvalue weighted by Gasteiger charge is -2.20. The van der Waals surface area contributed by atoms with Crippen molar-refractivity contribution < 1.29 is 18.5 Å². The molecule has 0 bridgehead atoms. The third-order valence-corrected chi connectivity index (χ3v) is 4.96. The maximum Gasteiger partial charge on any atom is 0.433 e. The van der Waals surface area contributed by atoms with Crippen molar-refractivity contribution in [3.05, 3.63) is 34.9 Å². The van der Waals surface area contributed by atoms with Crippen molar-refractivity contribution in [1.29, 1.82) is 0 Å². The zero-order valence-electron chi connectivity index (χ0n) is 17.4. The van der Waals surface area contributed by atoms with Crippen molar-refractivity contribution in [2.45, 2.75) is 39.7 Å². The second kappa shape index (κ2) is 8.77. The number of nitrogen functional groups attached to an aromatic ring is 1. The molecule has 0 spiro atoms. The molecule has 0 aliphatic carbocycles. The summed E-state index contributed by atoms with van der Waals surface area (Å²) in [7, 11) is 0. The molecule has 3 rings (SSSR count). The van der Waals surface area contributed by atoms with Crippen LogP contribution in [0.5, 0.6) is 6.01 Å². The van der Waals surface area contributed by atoms with Gasteiger partial charge < -0.3 is 15.5 Å². The fourth-order valence-corrected chi connectivity index (χ4v) is 3.27. The number of benzene rings is 1. The van der Waals surface area contributed by atoms with Gasteiger partial charge in [-0.05, 0) is 22.0 Å². The van der Waals surface area contributed by atoms with Crippen LogP contribution in [-0.2, 0) is 6.54 Å². The molecule has 0 radical (unpaired) electrons. The van der Waals surface area contributed by atoms with E-state index in [0.29, 0.717) is 35.5 Å². The summed E-state index contributed by atoms with van der Waals surface area (Å²) in [6.45, 7) is 6.63. The molecule has 30 heavy (non-hydrogen) atoms. The minimum absolute atomic E-state index is 0.105. The van der Waals surface area contributed by atoms with Gasteiger partial charge in [0.05, 0.1) is 13.2 Å². The van der Waals surface area contributed by atoms with E-state index in [4.69, 9.17) is 22.2 Å². The maximum absolute atomic E-state index is 13.9. The van der Waals surface area contributed by atoms with Crippen molar-refractivity contribution in [3.8, 4) is 6.01 Å². The molecule has 0 amide bonds. The second-order valence-corrected chi connectivity index (χ2v) is 8.99.